The lowest BCUT2D eigenvalue weighted by Gasteiger charge is -2.35. The number of nitrogens with one attached hydrogen (secondary N) is 1. The molecule has 0 aromatic heterocycles. The molecule has 0 radical (unpaired) electrons. The summed E-state index contributed by atoms with van der Waals surface area (Å²) in [7, 11) is 0. The van der Waals surface area contributed by atoms with Crippen LogP contribution in [0.5, 0.6) is 0 Å². The zero-order chi connectivity index (χ0) is 14.5. The Hall–Kier alpha value is -1.62. The van der Waals surface area contributed by atoms with Crippen LogP contribution in [0.2, 0.25) is 0 Å². The normalized spacial score (nSPS) is 18.6. The average molecular weight is 291 g/mol. The summed E-state index contributed by atoms with van der Waals surface area (Å²) in [5.41, 5.74) is 7.69. The summed E-state index contributed by atoms with van der Waals surface area (Å²) in [5.74, 6) is -0.296. The highest BCUT2D eigenvalue weighted by Crippen LogP contribution is 2.19. The molecule has 1 saturated heterocycles. The Morgan fingerprint density at radius 2 is 2.10 bits per heavy atom. The largest absolute Gasteiger partial charge is 0.368 e. The third-order valence-corrected chi connectivity index (χ3v) is 4.04. The first-order valence-corrected chi connectivity index (χ1v) is 7.48. The number of hydrogen-bond acceptors (Lipinski definition) is 2. The van der Waals surface area contributed by atoms with Crippen LogP contribution in [0, 0.1) is 0 Å². The van der Waals surface area contributed by atoms with Gasteiger partial charge in [0.25, 0.3) is 0 Å². The quantitative estimate of drug-likeness (QED) is 0.839. The Kier molecular flexibility index (Phi) is 4.95. The smallest absolute Gasteiger partial charge is 0.240 e. The van der Waals surface area contributed by atoms with Crippen LogP contribution in [0.3, 0.4) is 0 Å². The van der Waals surface area contributed by atoms with Crippen LogP contribution in [0.4, 0.5) is 5.69 Å². The molecule has 1 aliphatic heterocycles. The van der Waals surface area contributed by atoms with E-state index in [4.69, 9.17) is 18.0 Å². The Labute approximate surface area is 125 Å². The van der Waals surface area contributed by atoms with Crippen molar-refractivity contribution >= 4 is 28.9 Å². The lowest BCUT2D eigenvalue weighted by Crippen LogP contribution is -2.51. The summed E-state index contributed by atoms with van der Waals surface area (Å²) in [4.78, 5) is 13.4. The molecule has 1 heterocycles. The molecule has 5 heteroatoms. The van der Waals surface area contributed by atoms with Crippen molar-refractivity contribution in [3.05, 3.63) is 29.8 Å². The van der Waals surface area contributed by atoms with E-state index in [1.165, 1.54) is 5.56 Å². The summed E-state index contributed by atoms with van der Waals surface area (Å²) in [6.45, 7) is 2.91. The zero-order valence-corrected chi connectivity index (χ0v) is 12.6. The molecule has 3 N–H and O–H groups in total. The molecule has 1 aromatic rings. The van der Waals surface area contributed by atoms with Crippen LogP contribution in [0.15, 0.2) is 24.3 Å². The molecule has 0 bridgehead atoms. The molecule has 1 aromatic carbocycles. The predicted octanol–water partition coefficient (Wildman–Crippen LogP) is 2.29. The fraction of sp³-hybridized carbons (Fsp3) is 0.467. The number of aryl methyl sites for hydroxylation is 1. The minimum Gasteiger partial charge on any atom is -0.368 e. The van der Waals surface area contributed by atoms with Crippen LogP contribution in [-0.4, -0.2) is 28.5 Å². The van der Waals surface area contributed by atoms with Crippen molar-refractivity contribution in [1.29, 1.82) is 0 Å². The fourth-order valence-corrected chi connectivity index (χ4v) is 2.83. The van der Waals surface area contributed by atoms with Crippen LogP contribution in [0.1, 0.15) is 31.7 Å². The second kappa shape index (κ2) is 6.70. The summed E-state index contributed by atoms with van der Waals surface area (Å²) in [6, 6.07) is 7.89. The summed E-state index contributed by atoms with van der Waals surface area (Å²) in [6.07, 6.45) is 3.87. The van der Waals surface area contributed by atoms with Gasteiger partial charge in [0.1, 0.15) is 6.04 Å². The Morgan fingerprint density at radius 3 is 2.70 bits per heavy atom. The predicted molar refractivity (Wildman–Crippen MR) is 85.6 cm³/mol. The van der Waals surface area contributed by atoms with Gasteiger partial charge in [0.15, 0.2) is 5.11 Å². The van der Waals surface area contributed by atoms with Crippen molar-refractivity contribution < 1.29 is 4.79 Å². The second-order valence-corrected chi connectivity index (χ2v) is 5.47. The molecule has 0 aliphatic carbocycles. The summed E-state index contributed by atoms with van der Waals surface area (Å²) >= 11 is 5.42. The fourth-order valence-electron chi connectivity index (χ4n) is 2.49. The van der Waals surface area contributed by atoms with Crippen LogP contribution in [-0.2, 0) is 11.2 Å². The van der Waals surface area contributed by atoms with Gasteiger partial charge >= 0.3 is 0 Å². The van der Waals surface area contributed by atoms with Crippen molar-refractivity contribution in [3.63, 3.8) is 0 Å². The van der Waals surface area contributed by atoms with Gasteiger partial charge in [0, 0.05) is 12.2 Å². The van der Waals surface area contributed by atoms with Gasteiger partial charge in [-0.2, -0.15) is 0 Å². The molecule has 4 nitrogen and oxygen atoms in total. The van der Waals surface area contributed by atoms with E-state index in [1.54, 1.807) is 0 Å². The van der Waals surface area contributed by atoms with E-state index in [0.29, 0.717) is 5.11 Å². The van der Waals surface area contributed by atoms with Crippen molar-refractivity contribution in [2.75, 3.05) is 11.9 Å². The van der Waals surface area contributed by atoms with Crippen molar-refractivity contribution in [1.82, 2.24) is 4.90 Å². The molecule has 1 fully saturated rings. The van der Waals surface area contributed by atoms with Gasteiger partial charge in [-0.25, -0.2) is 0 Å². The number of carbonyl (C=O) groups excluding carboxylic acids is 1. The maximum atomic E-state index is 11.5. The molecule has 0 saturated carbocycles. The number of primary amides is 1. The first kappa shape index (κ1) is 14.8. The molecular formula is C15H21N3OS. The molecule has 1 amide bonds. The van der Waals surface area contributed by atoms with Gasteiger partial charge in [-0.1, -0.05) is 19.1 Å². The molecule has 1 aliphatic rings. The zero-order valence-electron chi connectivity index (χ0n) is 11.8. The van der Waals surface area contributed by atoms with E-state index in [0.717, 1.165) is 37.9 Å². The van der Waals surface area contributed by atoms with Crippen molar-refractivity contribution in [3.8, 4) is 0 Å². The van der Waals surface area contributed by atoms with Crippen LogP contribution >= 0.6 is 12.2 Å². The topological polar surface area (TPSA) is 58.4 Å². The number of rotatable bonds is 3. The average Bonchev–Trinajstić information content (AvgIpc) is 2.48. The van der Waals surface area contributed by atoms with Gasteiger partial charge in [-0.15, -0.1) is 0 Å². The van der Waals surface area contributed by atoms with Crippen LogP contribution < -0.4 is 11.1 Å². The number of likely N-dealkylation sites (tertiary alicyclic amines) is 1. The van der Waals surface area contributed by atoms with Gasteiger partial charge in [-0.3, -0.25) is 4.79 Å². The van der Waals surface area contributed by atoms with Gasteiger partial charge < -0.3 is 16.0 Å². The second-order valence-electron chi connectivity index (χ2n) is 5.09. The summed E-state index contributed by atoms with van der Waals surface area (Å²) < 4.78 is 0. The lowest BCUT2D eigenvalue weighted by molar-refractivity contribution is -0.122. The maximum Gasteiger partial charge on any atom is 0.240 e. The van der Waals surface area contributed by atoms with E-state index < -0.39 is 0 Å². The molecule has 2 rings (SSSR count). The van der Waals surface area contributed by atoms with E-state index in [1.807, 2.05) is 17.0 Å². The number of amides is 1. The van der Waals surface area contributed by atoms with Gasteiger partial charge in [0.2, 0.25) is 5.91 Å². The SMILES string of the molecule is CCc1ccc(NC(=S)N2CCCC[C@H]2C(N)=O)cc1. The minimum atomic E-state index is -0.296. The van der Waals surface area contributed by atoms with Crippen molar-refractivity contribution in [2.45, 2.75) is 38.6 Å². The molecule has 20 heavy (non-hydrogen) atoms. The molecule has 1 atom stereocenters. The van der Waals surface area contributed by atoms with E-state index in [9.17, 15) is 4.79 Å². The molecule has 0 spiro atoms. The number of piperidine rings is 1. The number of thiocarbonyl (C=S) groups is 1. The van der Waals surface area contributed by atoms with Crippen molar-refractivity contribution in [2.24, 2.45) is 5.73 Å². The number of carbonyl (C=O) groups is 1. The van der Waals surface area contributed by atoms with Gasteiger partial charge in [0.05, 0.1) is 0 Å². The van der Waals surface area contributed by atoms with E-state index in [2.05, 4.69) is 24.4 Å². The monoisotopic (exact) mass is 291 g/mol. The summed E-state index contributed by atoms with van der Waals surface area (Å²) in [5, 5.41) is 3.78. The van der Waals surface area contributed by atoms with E-state index in [-0.39, 0.29) is 11.9 Å². The Bertz CT molecular complexity index is 486. The standard InChI is InChI=1S/C15H21N3OS/c1-2-11-6-8-12(9-7-11)17-15(20)18-10-4-3-5-13(18)14(16)19/h6-9,13H,2-5,10H2,1H3,(H2,16,19)(H,17,20)/t13-/m0/s1. The van der Waals surface area contributed by atoms with Gasteiger partial charge in [-0.05, 0) is 55.6 Å². The van der Waals surface area contributed by atoms with Crippen LogP contribution in [0.25, 0.3) is 0 Å². The number of nitrogens with zero attached hydrogens (tertiary/aromatic N) is 1. The molecule has 108 valence electrons. The van der Waals surface area contributed by atoms with E-state index >= 15 is 0 Å². The number of benzene rings is 1. The third kappa shape index (κ3) is 3.48. The number of anilines is 1. The Balaban J connectivity index is 2.03. The lowest BCUT2D eigenvalue weighted by atomic mass is 10.0. The molecular weight excluding hydrogens is 270 g/mol. The first-order valence-electron chi connectivity index (χ1n) is 7.07. The Morgan fingerprint density at radius 1 is 1.40 bits per heavy atom. The minimum absolute atomic E-state index is 0.279. The molecule has 0 unspecified atom stereocenters. The first-order chi connectivity index (χ1) is 9.61. The highest BCUT2D eigenvalue weighted by Gasteiger charge is 2.28. The highest BCUT2D eigenvalue weighted by atomic mass is 32.1. The number of nitrogens with two attached hydrogens (primary N) is 1. The maximum absolute atomic E-state index is 11.5. The highest BCUT2D eigenvalue weighted by molar-refractivity contribution is 7.80. The number of hydrogen-bond donors (Lipinski definition) is 2. The third-order valence-electron chi connectivity index (χ3n) is 3.71.